The van der Waals surface area contributed by atoms with Gasteiger partial charge in [-0.1, -0.05) is 44.5 Å². The molecule has 1 rings (SSSR count). The van der Waals surface area contributed by atoms with Crippen LogP contribution in [0.15, 0.2) is 18.2 Å². The van der Waals surface area contributed by atoms with Gasteiger partial charge >= 0.3 is 0 Å². The zero-order valence-corrected chi connectivity index (χ0v) is 15.2. The summed E-state index contributed by atoms with van der Waals surface area (Å²) in [7, 11) is 0. The SMILES string of the molecule is CCNC(CSCCN(CC)CC)c1ccc(C)cc1C. The first-order valence-corrected chi connectivity index (χ1v) is 9.38. The maximum atomic E-state index is 3.64. The molecule has 120 valence electrons. The van der Waals surface area contributed by atoms with Gasteiger partial charge in [0.2, 0.25) is 0 Å². The van der Waals surface area contributed by atoms with Crippen molar-refractivity contribution in [1.29, 1.82) is 0 Å². The first kappa shape index (κ1) is 18.5. The Kier molecular flexibility index (Phi) is 9.05. The van der Waals surface area contributed by atoms with E-state index in [1.54, 1.807) is 0 Å². The Morgan fingerprint density at radius 2 is 1.86 bits per heavy atom. The summed E-state index contributed by atoms with van der Waals surface area (Å²) in [4.78, 5) is 2.49. The van der Waals surface area contributed by atoms with Crippen LogP contribution >= 0.6 is 11.8 Å². The third-order valence-electron chi connectivity index (χ3n) is 3.98. The molecular formula is C18H32N2S. The van der Waals surface area contributed by atoms with Crippen LogP contribution in [0.2, 0.25) is 0 Å². The smallest absolute Gasteiger partial charge is 0.0414 e. The van der Waals surface area contributed by atoms with Crippen LogP contribution in [0.3, 0.4) is 0 Å². The molecule has 1 aromatic carbocycles. The van der Waals surface area contributed by atoms with Crippen LogP contribution in [-0.4, -0.2) is 42.6 Å². The number of thioether (sulfide) groups is 1. The first-order valence-electron chi connectivity index (χ1n) is 8.22. The van der Waals surface area contributed by atoms with Gasteiger partial charge in [0.15, 0.2) is 0 Å². The molecule has 0 saturated heterocycles. The number of hydrogen-bond acceptors (Lipinski definition) is 3. The van der Waals surface area contributed by atoms with E-state index in [9.17, 15) is 0 Å². The van der Waals surface area contributed by atoms with Gasteiger partial charge in [0.1, 0.15) is 0 Å². The molecule has 0 radical (unpaired) electrons. The molecule has 0 aliphatic heterocycles. The highest BCUT2D eigenvalue weighted by Gasteiger charge is 2.13. The second-order valence-corrected chi connectivity index (χ2v) is 6.72. The number of benzene rings is 1. The van der Waals surface area contributed by atoms with E-state index in [1.165, 1.54) is 29.0 Å². The van der Waals surface area contributed by atoms with Gasteiger partial charge in [-0.25, -0.2) is 0 Å². The number of hydrogen-bond donors (Lipinski definition) is 1. The first-order chi connectivity index (χ1) is 10.1. The Labute approximate surface area is 135 Å². The van der Waals surface area contributed by atoms with E-state index in [1.807, 2.05) is 0 Å². The maximum Gasteiger partial charge on any atom is 0.0414 e. The van der Waals surface area contributed by atoms with Gasteiger partial charge in [-0.2, -0.15) is 11.8 Å². The van der Waals surface area contributed by atoms with E-state index in [-0.39, 0.29) is 0 Å². The molecule has 21 heavy (non-hydrogen) atoms. The summed E-state index contributed by atoms with van der Waals surface area (Å²) in [6, 6.07) is 7.29. The second kappa shape index (κ2) is 10.3. The molecule has 0 aliphatic rings. The van der Waals surface area contributed by atoms with E-state index >= 15 is 0 Å². The minimum absolute atomic E-state index is 0.470. The molecule has 1 aromatic rings. The Balaban J connectivity index is 2.53. The molecule has 0 amide bonds. The highest BCUT2D eigenvalue weighted by Crippen LogP contribution is 2.22. The molecule has 0 bridgehead atoms. The molecular weight excluding hydrogens is 276 g/mol. The van der Waals surface area contributed by atoms with Crippen LogP contribution in [-0.2, 0) is 0 Å². The van der Waals surface area contributed by atoms with Crippen molar-refractivity contribution in [2.75, 3.05) is 37.7 Å². The topological polar surface area (TPSA) is 15.3 Å². The van der Waals surface area contributed by atoms with Crippen LogP contribution in [0.5, 0.6) is 0 Å². The summed E-state index contributed by atoms with van der Waals surface area (Å²) in [6.45, 7) is 15.6. The van der Waals surface area contributed by atoms with Gasteiger partial charge in [0.05, 0.1) is 0 Å². The molecule has 3 heteroatoms. The third-order valence-corrected chi connectivity index (χ3v) is 5.02. The lowest BCUT2D eigenvalue weighted by atomic mass is 10.0. The minimum Gasteiger partial charge on any atom is -0.310 e. The standard InChI is InChI=1S/C18H32N2S/c1-6-19-18(14-21-12-11-20(7-2)8-3)17-10-9-15(4)13-16(17)5/h9-10,13,18-19H,6-8,11-12,14H2,1-5H3. The molecule has 2 nitrogen and oxygen atoms in total. The fourth-order valence-corrected chi connectivity index (χ4v) is 3.74. The predicted octanol–water partition coefficient (Wildman–Crippen LogP) is 4.03. The van der Waals surface area contributed by atoms with Gasteiger partial charge < -0.3 is 10.2 Å². The van der Waals surface area contributed by atoms with E-state index in [4.69, 9.17) is 0 Å². The highest BCUT2D eigenvalue weighted by molar-refractivity contribution is 7.99. The van der Waals surface area contributed by atoms with Crippen LogP contribution in [0.25, 0.3) is 0 Å². The molecule has 1 atom stereocenters. The Bertz CT molecular complexity index is 402. The lowest BCUT2D eigenvalue weighted by Gasteiger charge is -2.22. The molecule has 0 aliphatic carbocycles. The average molecular weight is 309 g/mol. The molecule has 1 unspecified atom stereocenters. The Morgan fingerprint density at radius 3 is 2.43 bits per heavy atom. The highest BCUT2D eigenvalue weighted by atomic mass is 32.2. The molecule has 1 N–H and O–H groups in total. The average Bonchev–Trinajstić information content (AvgIpc) is 2.46. The van der Waals surface area contributed by atoms with Crippen LogP contribution in [0.1, 0.15) is 43.5 Å². The summed E-state index contributed by atoms with van der Waals surface area (Å²) in [5.41, 5.74) is 4.21. The summed E-state index contributed by atoms with van der Waals surface area (Å²) in [5, 5.41) is 3.64. The van der Waals surface area contributed by atoms with Crippen LogP contribution in [0, 0.1) is 13.8 Å². The minimum atomic E-state index is 0.470. The van der Waals surface area contributed by atoms with Crippen molar-refractivity contribution >= 4 is 11.8 Å². The Hall–Kier alpha value is -0.510. The number of rotatable bonds is 10. The van der Waals surface area contributed by atoms with Crippen LogP contribution < -0.4 is 5.32 Å². The molecule has 0 fully saturated rings. The normalized spacial score (nSPS) is 12.9. The van der Waals surface area contributed by atoms with Gasteiger partial charge in [0, 0.05) is 24.1 Å². The van der Waals surface area contributed by atoms with Crippen molar-refractivity contribution in [2.24, 2.45) is 0 Å². The molecule has 0 spiro atoms. The zero-order valence-electron chi connectivity index (χ0n) is 14.4. The molecule has 0 saturated carbocycles. The summed E-state index contributed by atoms with van der Waals surface area (Å²) in [6.07, 6.45) is 0. The van der Waals surface area contributed by atoms with E-state index < -0.39 is 0 Å². The monoisotopic (exact) mass is 308 g/mol. The van der Waals surface area contributed by atoms with Gasteiger partial charge in [-0.3, -0.25) is 0 Å². The van der Waals surface area contributed by atoms with Crippen LogP contribution in [0.4, 0.5) is 0 Å². The van der Waals surface area contributed by atoms with E-state index in [2.05, 4.69) is 74.8 Å². The number of nitrogens with one attached hydrogen (secondary N) is 1. The van der Waals surface area contributed by atoms with Gasteiger partial charge in [-0.15, -0.1) is 0 Å². The maximum absolute atomic E-state index is 3.64. The lowest BCUT2D eigenvalue weighted by molar-refractivity contribution is 0.324. The van der Waals surface area contributed by atoms with Crippen molar-refractivity contribution in [2.45, 2.75) is 40.7 Å². The second-order valence-electron chi connectivity index (χ2n) is 5.57. The van der Waals surface area contributed by atoms with E-state index in [0.717, 1.165) is 25.4 Å². The lowest BCUT2D eigenvalue weighted by Crippen LogP contribution is -2.27. The summed E-state index contributed by atoms with van der Waals surface area (Å²) in [5.74, 6) is 2.37. The van der Waals surface area contributed by atoms with Crippen molar-refractivity contribution in [3.8, 4) is 0 Å². The predicted molar refractivity (Wildman–Crippen MR) is 97.4 cm³/mol. The van der Waals surface area contributed by atoms with Gasteiger partial charge in [-0.05, 0) is 44.6 Å². The quantitative estimate of drug-likeness (QED) is 0.657. The molecule has 0 aromatic heterocycles. The third kappa shape index (κ3) is 6.41. The number of nitrogens with zero attached hydrogens (tertiary/aromatic N) is 1. The number of aryl methyl sites for hydroxylation is 2. The largest absolute Gasteiger partial charge is 0.310 e. The summed E-state index contributed by atoms with van der Waals surface area (Å²) < 4.78 is 0. The van der Waals surface area contributed by atoms with Gasteiger partial charge in [0.25, 0.3) is 0 Å². The fraction of sp³-hybridized carbons (Fsp3) is 0.667. The van der Waals surface area contributed by atoms with E-state index in [0.29, 0.717) is 6.04 Å². The zero-order chi connectivity index (χ0) is 15.7. The van der Waals surface area contributed by atoms with Crippen molar-refractivity contribution in [1.82, 2.24) is 10.2 Å². The van der Waals surface area contributed by atoms with Crippen molar-refractivity contribution < 1.29 is 0 Å². The summed E-state index contributed by atoms with van der Waals surface area (Å²) >= 11 is 2.06. The fourth-order valence-electron chi connectivity index (χ4n) is 2.66. The van der Waals surface area contributed by atoms with Crippen molar-refractivity contribution in [3.05, 3.63) is 34.9 Å². The molecule has 0 heterocycles. The van der Waals surface area contributed by atoms with Crippen molar-refractivity contribution in [3.63, 3.8) is 0 Å². The Morgan fingerprint density at radius 1 is 1.14 bits per heavy atom.